The van der Waals surface area contributed by atoms with Crippen LogP contribution in [0.1, 0.15) is 26.7 Å². The van der Waals surface area contributed by atoms with Gasteiger partial charge in [0.1, 0.15) is 0 Å². The van der Waals surface area contributed by atoms with E-state index in [1.807, 2.05) is 30.0 Å². The molecule has 1 aromatic carbocycles. The SMILES string of the molecule is CC(N)CCC(=O)N1CC(C)CN(C)c2ccccc21.Cl. The van der Waals surface area contributed by atoms with Gasteiger partial charge in [-0.25, -0.2) is 0 Å². The number of carbonyl (C=O) groups excluding carboxylic acids is 1. The topological polar surface area (TPSA) is 49.6 Å². The molecule has 1 aromatic rings. The van der Waals surface area contributed by atoms with E-state index in [1.54, 1.807) is 0 Å². The molecule has 1 aliphatic rings. The van der Waals surface area contributed by atoms with Gasteiger partial charge in [0.15, 0.2) is 0 Å². The van der Waals surface area contributed by atoms with Crippen molar-refractivity contribution in [2.24, 2.45) is 11.7 Å². The number of halogens is 1. The second-order valence-corrected chi connectivity index (χ2v) is 5.99. The second-order valence-electron chi connectivity index (χ2n) is 5.99. The molecular weight excluding hydrogens is 286 g/mol. The van der Waals surface area contributed by atoms with Crippen molar-refractivity contribution in [3.63, 3.8) is 0 Å². The van der Waals surface area contributed by atoms with E-state index >= 15 is 0 Å². The minimum atomic E-state index is 0. The molecule has 1 amide bonds. The monoisotopic (exact) mass is 311 g/mol. The minimum Gasteiger partial charge on any atom is -0.373 e. The van der Waals surface area contributed by atoms with E-state index in [2.05, 4.69) is 24.9 Å². The lowest BCUT2D eigenvalue weighted by molar-refractivity contribution is -0.118. The van der Waals surface area contributed by atoms with Crippen molar-refractivity contribution in [1.82, 2.24) is 0 Å². The summed E-state index contributed by atoms with van der Waals surface area (Å²) in [4.78, 5) is 16.7. The number of para-hydroxylation sites is 2. The van der Waals surface area contributed by atoms with Crippen LogP contribution in [0.5, 0.6) is 0 Å². The third-order valence-electron chi connectivity index (χ3n) is 3.78. The number of fused-ring (bicyclic) bond motifs is 1. The molecule has 0 aliphatic carbocycles. The highest BCUT2D eigenvalue weighted by molar-refractivity contribution is 5.97. The Hall–Kier alpha value is -1.26. The van der Waals surface area contributed by atoms with Crippen LogP contribution < -0.4 is 15.5 Å². The zero-order chi connectivity index (χ0) is 14.7. The maximum absolute atomic E-state index is 12.5. The van der Waals surface area contributed by atoms with Crippen LogP contribution in [0.2, 0.25) is 0 Å². The van der Waals surface area contributed by atoms with Crippen LogP contribution in [-0.4, -0.2) is 32.1 Å². The first kappa shape index (κ1) is 17.8. The number of hydrogen-bond acceptors (Lipinski definition) is 3. The molecule has 0 spiro atoms. The van der Waals surface area contributed by atoms with Crippen LogP contribution in [0.25, 0.3) is 0 Å². The van der Waals surface area contributed by atoms with Gasteiger partial charge in [0.2, 0.25) is 5.91 Å². The van der Waals surface area contributed by atoms with E-state index in [0.29, 0.717) is 12.3 Å². The molecule has 21 heavy (non-hydrogen) atoms. The van der Waals surface area contributed by atoms with E-state index < -0.39 is 0 Å². The molecule has 4 nitrogen and oxygen atoms in total. The Morgan fingerprint density at radius 2 is 1.95 bits per heavy atom. The van der Waals surface area contributed by atoms with Crippen molar-refractivity contribution in [2.45, 2.75) is 32.7 Å². The quantitative estimate of drug-likeness (QED) is 0.933. The summed E-state index contributed by atoms with van der Waals surface area (Å²) < 4.78 is 0. The molecule has 0 bridgehead atoms. The average Bonchev–Trinajstić information content (AvgIpc) is 2.53. The summed E-state index contributed by atoms with van der Waals surface area (Å²) in [6, 6.07) is 8.21. The van der Waals surface area contributed by atoms with Crippen molar-refractivity contribution in [2.75, 3.05) is 29.9 Å². The molecular formula is C16H26ClN3O. The van der Waals surface area contributed by atoms with Gasteiger partial charge in [0.25, 0.3) is 0 Å². The molecule has 1 aliphatic heterocycles. The number of hydrogen-bond donors (Lipinski definition) is 1. The summed E-state index contributed by atoms with van der Waals surface area (Å²) in [5.41, 5.74) is 7.92. The molecule has 2 rings (SSSR count). The third-order valence-corrected chi connectivity index (χ3v) is 3.78. The predicted octanol–water partition coefficient (Wildman–Crippen LogP) is 2.65. The number of nitrogens with two attached hydrogens (primary N) is 1. The second kappa shape index (κ2) is 7.66. The lowest BCUT2D eigenvalue weighted by atomic mass is 10.1. The molecule has 0 aromatic heterocycles. The molecule has 1 heterocycles. The summed E-state index contributed by atoms with van der Waals surface area (Å²) in [5.74, 6) is 0.628. The fourth-order valence-electron chi connectivity index (χ4n) is 2.77. The van der Waals surface area contributed by atoms with Crippen molar-refractivity contribution >= 4 is 29.7 Å². The van der Waals surface area contributed by atoms with E-state index in [-0.39, 0.29) is 24.4 Å². The van der Waals surface area contributed by atoms with Gasteiger partial charge in [-0.15, -0.1) is 12.4 Å². The van der Waals surface area contributed by atoms with Gasteiger partial charge in [-0.1, -0.05) is 19.1 Å². The first-order valence-corrected chi connectivity index (χ1v) is 7.35. The Morgan fingerprint density at radius 1 is 1.33 bits per heavy atom. The predicted molar refractivity (Wildman–Crippen MR) is 91.4 cm³/mol. The number of carbonyl (C=O) groups is 1. The minimum absolute atomic E-state index is 0. The van der Waals surface area contributed by atoms with Crippen molar-refractivity contribution in [3.8, 4) is 0 Å². The zero-order valence-electron chi connectivity index (χ0n) is 13.1. The number of anilines is 2. The highest BCUT2D eigenvalue weighted by Crippen LogP contribution is 2.33. The summed E-state index contributed by atoms with van der Waals surface area (Å²) in [6.07, 6.45) is 1.25. The molecule has 2 unspecified atom stereocenters. The molecule has 2 atom stereocenters. The largest absolute Gasteiger partial charge is 0.373 e. The van der Waals surface area contributed by atoms with Crippen molar-refractivity contribution in [3.05, 3.63) is 24.3 Å². The van der Waals surface area contributed by atoms with E-state index in [9.17, 15) is 4.79 Å². The van der Waals surface area contributed by atoms with Crippen LogP contribution in [0.4, 0.5) is 11.4 Å². The Morgan fingerprint density at radius 3 is 2.57 bits per heavy atom. The highest BCUT2D eigenvalue weighted by Gasteiger charge is 2.26. The normalized spacial score (nSPS) is 19.3. The summed E-state index contributed by atoms with van der Waals surface area (Å²) in [6.45, 7) is 5.88. The summed E-state index contributed by atoms with van der Waals surface area (Å²) in [5, 5.41) is 0. The van der Waals surface area contributed by atoms with Crippen LogP contribution in [0.15, 0.2) is 24.3 Å². The van der Waals surface area contributed by atoms with E-state index in [0.717, 1.165) is 30.9 Å². The standard InChI is InChI=1S/C16H25N3O.ClH/c1-12-10-18(3)14-6-4-5-7-15(14)19(11-12)16(20)9-8-13(2)17;/h4-7,12-13H,8-11,17H2,1-3H3;1H. The fourth-order valence-corrected chi connectivity index (χ4v) is 2.77. The zero-order valence-corrected chi connectivity index (χ0v) is 13.9. The van der Waals surface area contributed by atoms with Crippen LogP contribution in [0.3, 0.4) is 0 Å². The molecule has 0 radical (unpaired) electrons. The first-order chi connectivity index (χ1) is 9.49. The molecule has 0 saturated carbocycles. The smallest absolute Gasteiger partial charge is 0.227 e. The van der Waals surface area contributed by atoms with Crippen molar-refractivity contribution < 1.29 is 4.79 Å². The van der Waals surface area contributed by atoms with Gasteiger partial charge in [-0.3, -0.25) is 4.79 Å². The number of nitrogens with zero attached hydrogens (tertiary/aromatic N) is 2. The third kappa shape index (κ3) is 4.35. The maximum atomic E-state index is 12.5. The van der Waals surface area contributed by atoms with Gasteiger partial charge in [-0.05, 0) is 31.4 Å². The fraction of sp³-hybridized carbons (Fsp3) is 0.562. The van der Waals surface area contributed by atoms with Gasteiger partial charge < -0.3 is 15.5 Å². The molecule has 118 valence electrons. The lowest BCUT2D eigenvalue weighted by Gasteiger charge is -2.25. The van der Waals surface area contributed by atoms with Crippen molar-refractivity contribution in [1.29, 1.82) is 0 Å². The average molecular weight is 312 g/mol. The first-order valence-electron chi connectivity index (χ1n) is 7.35. The molecule has 2 N–H and O–H groups in total. The van der Waals surface area contributed by atoms with Gasteiger partial charge in [0, 0.05) is 32.6 Å². The van der Waals surface area contributed by atoms with Gasteiger partial charge in [-0.2, -0.15) is 0 Å². The van der Waals surface area contributed by atoms with Gasteiger partial charge in [0.05, 0.1) is 11.4 Å². The molecule has 5 heteroatoms. The molecule has 0 saturated heterocycles. The van der Waals surface area contributed by atoms with Gasteiger partial charge >= 0.3 is 0 Å². The lowest BCUT2D eigenvalue weighted by Crippen LogP contribution is -2.35. The Bertz CT molecular complexity index is 478. The van der Waals surface area contributed by atoms with Crippen LogP contribution in [0, 0.1) is 5.92 Å². The van der Waals surface area contributed by atoms with E-state index in [1.165, 1.54) is 0 Å². The van der Waals surface area contributed by atoms with E-state index in [4.69, 9.17) is 5.73 Å². The Balaban J connectivity index is 0.00000220. The van der Waals surface area contributed by atoms with Crippen LogP contribution >= 0.6 is 12.4 Å². The number of rotatable bonds is 3. The number of amides is 1. The summed E-state index contributed by atoms with van der Waals surface area (Å²) in [7, 11) is 2.09. The highest BCUT2D eigenvalue weighted by atomic mass is 35.5. The maximum Gasteiger partial charge on any atom is 0.227 e. The summed E-state index contributed by atoms with van der Waals surface area (Å²) >= 11 is 0. The Kier molecular flexibility index (Phi) is 6.49. The van der Waals surface area contributed by atoms with Crippen LogP contribution in [-0.2, 0) is 4.79 Å². The Labute approximate surface area is 133 Å². The molecule has 0 fully saturated rings. The number of benzene rings is 1.